The van der Waals surface area contributed by atoms with Crippen molar-refractivity contribution >= 4 is 11.8 Å². The second kappa shape index (κ2) is 7.04. The lowest BCUT2D eigenvalue weighted by atomic mass is 10.1. The van der Waals surface area contributed by atoms with Crippen LogP contribution in [0.1, 0.15) is 28.4 Å². The van der Waals surface area contributed by atoms with E-state index in [-0.39, 0.29) is 18.6 Å². The van der Waals surface area contributed by atoms with Gasteiger partial charge in [0.1, 0.15) is 0 Å². The predicted molar refractivity (Wildman–Crippen MR) is 87.7 cm³/mol. The van der Waals surface area contributed by atoms with Gasteiger partial charge >= 0.3 is 0 Å². The van der Waals surface area contributed by atoms with Crippen molar-refractivity contribution in [3.63, 3.8) is 0 Å². The molecule has 0 aliphatic carbocycles. The van der Waals surface area contributed by atoms with E-state index in [1.807, 2.05) is 30.3 Å². The third-order valence-electron chi connectivity index (χ3n) is 3.65. The zero-order chi connectivity index (χ0) is 16.9. The summed E-state index contributed by atoms with van der Waals surface area (Å²) in [7, 11) is 0. The Bertz CT molecular complexity index is 756. The molecule has 6 nitrogen and oxygen atoms in total. The average molecular weight is 326 g/mol. The van der Waals surface area contributed by atoms with Crippen molar-refractivity contribution in [2.45, 2.75) is 20.0 Å². The van der Waals surface area contributed by atoms with Gasteiger partial charge in [0.05, 0.1) is 0 Å². The molecule has 0 bridgehead atoms. The van der Waals surface area contributed by atoms with Crippen LogP contribution in [-0.2, 0) is 17.9 Å². The molecule has 0 spiro atoms. The largest absolute Gasteiger partial charge is 0.454 e. The molecular weight excluding hydrogens is 308 g/mol. The van der Waals surface area contributed by atoms with Crippen LogP contribution in [0.25, 0.3) is 0 Å². The minimum Gasteiger partial charge on any atom is -0.454 e. The molecule has 3 rings (SSSR count). The minimum atomic E-state index is -0.154. The van der Waals surface area contributed by atoms with Gasteiger partial charge in [-0.25, -0.2) is 0 Å². The molecule has 2 N–H and O–H groups in total. The highest BCUT2D eigenvalue weighted by atomic mass is 16.7. The molecule has 0 aromatic heterocycles. The Kier molecular flexibility index (Phi) is 4.65. The van der Waals surface area contributed by atoms with Crippen LogP contribution in [0.2, 0.25) is 0 Å². The molecule has 0 saturated heterocycles. The molecule has 0 radical (unpaired) electrons. The van der Waals surface area contributed by atoms with Crippen LogP contribution in [0.3, 0.4) is 0 Å². The standard InChI is InChI=1S/C18H18N2O4/c1-12(21)19-9-13-2-5-15(6-3-13)18(22)20-10-14-4-7-16-17(8-14)24-11-23-16/h2-8H,9-11H2,1H3,(H,19,21)(H,20,22). The van der Waals surface area contributed by atoms with Crippen molar-refractivity contribution in [2.75, 3.05) is 6.79 Å². The molecule has 1 aliphatic heterocycles. The summed E-state index contributed by atoms with van der Waals surface area (Å²) in [6.07, 6.45) is 0. The molecule has 6 heteroatoms. The normalized spacial score (nSPS) is 11.9. The van der Waals surface area contributed by atoms with E-state index < -0.39 is 0 Å². The van der Waals surface area contributed by atoms with Crippen LogP contribution in [0.15, 0.2) is 42.5 Å². The Morgan fingerprint density at radius 3 is 2.33 bits per heavy atom. The number of benzene rings is 2. The number of amides is 2. The summed E-state index contributed by atoms with van der Waals surface area (Å²) in [6.45, 7) is 2.56. The average Bonchev–Trinajstić information content (AvgIpc) is 3.06. The highest BCUT2D eigenvalue weighted by Gasteiger charge is 2.13. The number of hydrogen-bond acceptors (Lipinski definition) is 4. The number of carbonyl (C=O) groups is 2. The summed E-state index contributed by atoms with van der Waals surface area (Å²) in [6, 6.07) is 12.7. The molecule has 0 atom stereocenters. The molecule has 0 fully saturated rings. The number of rotatable bonds is 5. The number of fused-ring (bicyclic) bond motifs is 1. The van der Waals surface area contributed by atoms with Crippen molar-refractivity contribution in [1.29, 1.82) is 0 Å². The monoisotopic (exact) mass is 326 g/mol. The van der Waals surface area contributed by atoms with E-state index >= 15 is 0 Å². The number of ether oxygens (including phenoxy) is 2. The van der Waals surface area contributed by atoms with Crippen molar-refractivity contribution in [2.24, 2.45) is 0 Å². The van der Waals surface area contributed by atoms with Crippen molar-refractivity contribution in [3.8, 4) is 11.5 Å². The van der Waals surface area contributed by atoms with Gasteiger partial charge in [-0.3, -0.25) is 9.59 Å². The maximum absolute atomic E-state index is 12.2. The summed E-state index contributed by atoms with van der Waals surface area (Å²) < 4.78 is 10.6. The Labute approximate surface area is 139 Å². The predicted octanol–water partition coefficient (Wildman–Crippen LogP) is 1.98. The van der Waals surface area contributed by atoms with E-state index in [1.54, 1.807) is 12.1 Å². The molecule has 1 heterocycles. The molecule has 0 unspecified atom stereocenters. The van der Waals surface area contributed by atoms with Crippen LogP contribution in [0.4, 0.5) is 0 Å². The third kappa shape index (κ3) is 3.84. The Hall–Kier alpha value is -3.02. The van der Waals surface area contributed by atoms with Crippen LogP contribution in [0.5, 0.6) is 11.5 Å². The van der Waals surface area contributed by atoms with Gasteiger partial charge in [-0.1, -0.05) is 18.2 Å². The fourth-order valence-corrected chi connectivity index (χ4v) is 2.34. The smallest absolute Gasteiger partial charge is 0.251 e. The maximum Gasteiger partial charge on any atom is 0.251 e. The van der Waals surface area contributed by atoms with E-state index in [4.69, 9.17) is 9.47 Å². The van der Waals surface area contributed by atoms with Gasteiger partial charge in [0.2, 0.25) is 12.7 Å². The molecule has 0 saturated carbocycles. The number of hydrogen-bond donors (Lipinski definition) is 2. The van der Waals surface area contributed by atoms with Gasteiger partial charge in [0, 0.05) is 25.6 Å². The Balaban J connectivity index is 1.56. The van der Waals surface area contributed by atoms with Crippen LogP contribution in [-0.4, -0.2) is 18.6 Å². The zero-order valence-corrected chi connectivity index (χ0v) is 13.3. The van der Waals surface area contributed by atoms with E-state index in [1.165, 1.54) is 6.92 Å². The van der Waals surface area contributed by atoms with E-state index in [0.717, 1.165) is 16.9 Å². The van der Waals surface area contributed by atoms with Crippen LogP contribution >= 0.6 is 0 Å². The van der Waals surface area contributed by atoms with Gasteiger partial charge < -0.3 is 20.1 Å². The SMILES string of the molecule is CC(=O)NCc1ccc(C(=O)NCc2ccc3c(c2)OCO3)cc1. The highest BCUT2D eigenvalue weighted by molar-refractivity contribution is 5.94. The first-order chi connectivity index (χ1) is 11.6. The summed E-state index contributed by atoms with van der Waals surface area (Å²) in [5, 5.41) is 5.59. The zero-order valence-electron chi connectivity index (χ0n) is 13.3. The first-order valence-electron chi connectivity index (χ1n) is 7.62. The Morgan fingerprint density at radius 1 is 0.917 bits per heavy atom. The molecule has 124 valence electrons. The van der Waals surface area contributed by atoms with Crippen LogP contribution in [0, 0.1) is 0 Å². The number of nitrogens with one attached hydrogen (secondary N) is 2. The quantitative estimate of drug-likeness (QED) is 0.881. The third-order valence-corrected chi connectivity index (χ3v) is 3.65. The van der Waals surface area contributed by atoms with Crippen LogP contribution < -0.4 is 20.1 Å². The maximum atomic E-state index is 12.2. The first kappa shape index (κ1) is 15.9. The molecule has 24 heavy (non-hydrogen) atoms. The lowest BCUT2D eigenvalue weighted by Gasteiger charge is -2.07. The van der Waals surface area contributed by atoms with E-state index in [2.05, 4.69) is 10.6 Å². The van der Waals surface area contributed by atoms with Gasteiger partial charge in [-0.05, 0) is 35.4 Å². The second-order valence-electron chi connectivity index (χ2n) is 5.48. The lowest BCUT2D eigenvalue weighted by Crippen LogP contribution is -2.23. The second-order valence-corrected chi connectivity index (χ2v) is 5.48. The van der Waals surface area contributed by atoms with Crippen molar-refractivity contribution in [3.05, 3.63) is 59.2 Å². The topological polar surface area (TPSA) is 76.7 Å². The fraction of sp³-hybridized carbons (Fsp3) is 0.222. The van der Waals surface area contributed by atoms with Gasteiger partial charge in [0.15, 0.2) is 11.5 Å². The fourth-order valence-electron chi connectivity index (χ4n) is 2.34. The Morgan fingerprint density at radius 2 is 1.58 bits per heavy atom. The molecule has 1 aliphatic rings. The molecule has 2 amide bonds. The summed E-state index contributed by atoms with van der Waals surface area (Å²) >= 11 is 0. The molecule has 2 aromatic rings. The van der Waals surface area contributed by atoms with Gasteiger partial charge in [-0.2, -0.15) is 0 Å². The lowest BCUT2D eigenvalue weighted by molar-refractivity contribution is -0.119. The van der Waals surface area contributed by atoms with E-state index in [9.17, 15) is 9.59 Å². The van der Waals surface area contributed by atoms with Gasteiger partial charge in [-0.15, -0.1) is 0 Å². The molecule has 2 aromatic carbocycles. The minimum absolute atomic E-state index is 0.0828. The van der Waals surface area contributed by atoms with Crippen molar-refractivity contribution < 1.29 is 19.1 Å². The van der Waals surface area contributed by atoms with Crippen molar-refractivity contribution in [1.82, 2.24) is 10.6 Å². The first-order valence-corrected chi connectivity index (χ1v) is 7.62. The summed E-state index contributed by atoms with van der Waals surface area (Å²) in [5.74, 6) is 1.18. The summed E-state index contributed by atoms with van der Waals surface area (Å²) in [4.78, 5) is 23.1. The molecular formula is C18H18N2O4. The summed E-state index contributed by atoms with van der Waals surface area (Å²) in [5.41, 5.74) is 2.45. The van der Waals surface area contributed by atoms with Gasteiger partial charge in [0.25, 0.3) is 5.91 Å². The van der Waals surface area contributed by atoms with E-state index in [0.29, 0.717) is 24.4 Å². The highest BCUT2D eigenvalue weighted by Crippen LogP contribution is 2.32. The number of carbonyl (C=O) groups excluding carboxylic acids is 2.